The maximum atomic E-state index is 12.9. The molecule has 1 aromatic rings. The molecular formula is C22H34N2O5. The number of carbonyl (C=O) groups is 3. The van der Waals surface area contributed by atoms with E-state index in [9.17, 15) is 14.4 Å². The van der Waals surface area contributed by atoms with Gasteiger partial charge in [0.1, 0.15) is 18.7 Å². The number of unbranched alkanes of at least 4 members (excludes halogenated alkanes) is 2. The van der Waals surface area contributed by atoms with Gasteiger partial charge in [0, 0.05) is 7.05 Å². The van der Waals surface area contributed by atoms with Crippen LogP contribution in [0.5, 0.6) is 0 Å². The molecule has 0 saturated carbocycles. The molecule has 7 nitrogen and oxygen atoms in total. The van der Waals surface area contributed by atoms with Crippen molar-refractivity contribution in [1.29, 1.82) is 0 Å². The van der Waals surface area contributed by atoms with E-state index in [0.29, 0.717) is 12.8 Å². The molecule has 0 fully saturated rings. The Labute approximate surface area is 173 Å². The van der Waals surface area contributed by atoms with Crippen molar-refractivity contribution in [3.63, 3.8) is 0 Å². The largest absolute Gasteiger partial charge is 0.467 e. The van der Waals surface area contributed by atoms with Gasteiger partial charge in [0.15, 0.2) is 0 Å². The Kier molecular flexibility index (Phi) is 11.5. The highest BCUT2D eigenvalue weighted by Crippen LogP contribution is 2.12. The molecule has 7 heteroatoms. The molecule has 0 bridgehead atoms. The monoisotopic (exact) mass is 406 g/mol. The lowest BCUT2D eigenvalue weighted by molar-refractivity contribution is -0.145. The molecule has 1 rings (SSSR count). The van der Waals surface area contributed by atoms with Crippen molar-refractivity contribution < 1.29 is 23.9 Å². The molecule has 0 saturated heterocycles. The van der Waals surface area contributed by atoms with Crippen LogP contribution in [0.15, 0.2) is 30.3 Å². The number of nitrogens with zero attached hydrogens (tertiary/aromatic N) is 1. The van der Waals surface area contributed by atoms with Gasteiger partial charge in [-0.05, 0) is 18.4 Å². The van der Waals surface area contributed by atoms with E-state index in [0.717, 1.165) is 31.2 Å². The first-order chi connectivity index (χ1) is 13.9. The normalized spacial score (nSPS) is 12.6. The van der Waals surface area contributed by atoms with E-state index in [2.05, 4.69) is 5.32 Å². The van der Waals surface area contributed by atoms with Crippen molar-refractivity contribution in [2.24, 2.45) is 0 Å². The van der Waals surface area contributed by atoms with Crippen LogP contribution in [0, 0.1) is 0 Å². The number of hydrogen-bond acceptors (Lipinski definition) is 5. The van der Waals surface area contributed by atoms with Crippen LogP contribution < -0.4 is 5.32 Å². The predicted octanol–water partition coefficient (Wildman–Crippen LogP) is 3.66. The van der Waals surface area contributed by atoms with Crippen LogP contribution in [-0.2, 0) is 25.7 Å². The predicted molar refractivity (Wildman–Crippen MR) is 111 cm³/mol. The van der Waals surface area contributed by atoms with Gasteiger partial charge in [0.05, 0.1) is 7.11 Å². The number of likely N-dealkylation sites (N-methyl/N-ethyl adjacent to an activating group) is 1. The average molecular weight is 407 g/mol. The molecule has 0 heterocycles. The van der Waals surface area contributed by atoms with Crippen LogP contribution in [-0.4, -0.2) is 49.1 Å². The summed E-state index contributed by atoms with van der Waals surface area (Å²) in [7, 11) is 2.85. The molecule has 0 radical (unpaired) electrons. The maximum Gasteiger partial charge on any atom is 0.410 e. The number of ether oxygens (including phenoxy) is 2. The molecule has 0 aliphatic rings. The van der Waals surface area contributed by atoms with Gasteiger partial charge in [-0.3, -0.25) is 9.69 Å². The number of esters is 1. The van der Waals surface area contributed by atoms with Gasteiger partial charge in [-0.25, -0.2) is 9.59 Å². The summed E-state index contributed by atoms with van der Waals surface area (Å²) in [6, 6.07) is 7.92. The molecule has 29 heavy (non-hydrogen) atoms. The van der Waals surface area contributed by atoms with E-state index in [1.807, 2.05) is 44.2 Å². The summed E-state index contributed by atoms with van der Waals surface area (Å²) in [5, 5.41) is 2.76. The Bertz CT molecular complexity index is 635. The Hall–Kier alpha value is -2.57. The van der Waals surface area contributed by atoms with E-state index < -0.39 is 24.1 Å². The summed E-state index contributed by atoms with van der Waals surface area (Å²) in [6.45, 7) is 4.16. The van der Waals surface area contributed by atoms with Crippen molar-refractivity contribution >= 4 is 18.0 Å². The average Bonchev–Trinajstić information content (AvgIpc) is 2.75. The smallest absolute Gasteiger partial charge is 0.410 e. The molecule has 0 aliphatic carbocycles. The number of nitrogens with one attached hydrogen (secondary N) is 1. The Morgan fingerprint density at radius 1 is 1.03 bits per heavy atom. The summed E-state index contributed by atoms with van der Waals surface area (Å²) >= 11 is 0. The van der Waals surface area contributed by atoms with Gasteiger partial charge in [-0.2, -0.15) is 0 Å². The Balaban J connectivity index is 2.79. The minimum Gasteiger partial charge on any atom is -0.467 e. The Morgan fingerprint density at radius 3 is 2.24 bits per heavy atom. The molecule has 2 amide bonds. The lowest BCUT2D eigenvalue weighted by Crippen LogP contribution is -2.52. The fourth-order valence-electron chi connectivity index (χ4n) is 2.91. The van der Waals surface area contributed by atoms with Gasteiger partial charge in [-0.15, -0.1) is 0 Å². The highest BCUT2D eigenvalue weighted by Gasteiger charge is 2.31. The lowest BCUT2D eigenvalue weighted by atomic mass is 10.1. The second kappa shape index (κ2) is 13.6. The van der Waals surface area contributed by atoms with Gasteiger partial charge in [0.25, 0.3) is 0 Å². The molecule has 2 atom stereocenters. The molecule has 162 valence electrons. The lowest BCUT2D eigenvalue weighted by Gasteiger charge is -2.28. The molecular weight excluding hydrogens is 372 g/mol. The van der Waals surface area contributed by atoms with Crippen LogP contribution in [0.4, 0.5) is 4.79 Å². The molecule has 1 N–H and O–H groups in total. The standard InChI is InChI=1S/C22H34N2O5/c1-5-7-14-18(21(26)28-4)23-20(25)19(15-8-6-2)24(3)22(27)29-16-17-12-10-9-11-13-17/h9-13,18-19H,5-8,14-16H2,1-4H3,(H,23,25)/t18-,19-/m0/s1. The maximum absolute atomic E-state index is 12.9. The number of rotatable bonds is 12. The van der Waals surface area contributed by atoms with Crippen molar-refractivity contribution in [3.8, 4) is 0 Å². The number of carbonyl (C=O) groups excluding carboxylic acids is 3. The number of methoxy groups -OCH3 is 1. The summed E-state index contributed by atoms with van der Waals surface area (Å²) < 4.78 is 10.2. The zero-order valence-corrected chi connectivity index (χ0v) is 18.0. The van der Waals surface area contributed by atoms with Gasteiger partial charge >= 0.3 is 12.1 Å². The quantitative estimate of drug-likeness (QED) is 0.536. The van der Waals surface area contributed by atoms with E-state index >= 15 is 0 Å². The van der Waals surface area contributed by atoms with Gasteiger partial charge in [0.2, 0.25) is 5.91 Å². The number of amides is 2. The first-order valence-electron chi connectivity index (χ1n) is 10.3. The second-order valence-corrected chi connectivity index (χ2v) is 7.04. The third kappa shape index (κ3) is 8.54. The van der Waals surface area contributed by atoms with Crippen molar-refractivity contribution in [2.45, 2.75) is 71.1 Å². The topological polar surface area (TPSA) is 84.9 Å². The number of benzene rings is 1. The van der Waals surface area contributed by atoms with Crippen LogP contribution >= 0.6 is 0 Å². The first kappa shape index (κ1) is 24.5. The van der Waals surface area contributed by atoms with Gasteiger partial charge in [-0.1, -0.05) is 69.9 Å². The highest BCUT2D eigenvalue weighted by molar-refractivity contribution is 5.89. The fourth-order valence-corrected chi connectivity index (χ4v) is 2.91. The van der Waals surface area contributed by atoms with Crippen molar-refractivity contribution in [3.05, 3.63) is 35.9 Å². The third-order valence-corrected chi connectivity index (χ3v) is 4.74. The van der Waals surface area contributed by atoms with Crippen LogP contribution in [0.3, 0.4) is 0 Å². The zero-order chi connectivity index (χ0) is 21.6. The van der Waals surface area contributed by atoms with E-state index in [1.54, 1.807) is 7.05 Å². The fraction of sp³-hybridized carbons (Fsp3) is 0.591. The summed E-state index contributed by atoms with van der Waals surface area (Å²) in [5.41, 5.74) is 0.870. The minimum absolute atomic E-state index is 0.132. The molecule has 0 unspecified atom stereocenters. The van der Waals surface area contributed by atoms with E-state index in [1.165, 1.54) is 12.0 Å². The minimum atomic E-state index is -0.717. The Morgan fingerprint density at radius 2 is 1.66 bits per heavy atom. The number of hydrogen-bond donors (Lipinski definition) is 1. The zero-order valence-electron chi connectivity index (χ0n) is 18.0. The molecule has 0 spiro atoms. The third-order valence-electron chi connectivity index (χ3n) is 4.74. The van der Waals surface area contributed by atoms with E-state index in [-0.39, 0.29) is 12.5 Å². The highest BCUT2D eigenvalue weighted by atomic mass is 16.6. The SMILES string of the molecule is CCCC[C@H](NC(=O)[C@H](CCCC)N(C)C(=O)OCc1ccccc1)C(=O)OC. The van der Waals surface area contributed by atoms with E-state index in [4.69, 9.17) is 9.47 Å². The van der Waals surface area contributed by atoms with Gasteiger partial charge < -0.3 is 14.8 Å². The molecule has 0 aliphatic heterocycles. The second-order valence-electron chi connectivity index (χ2n) is 7.04. The molecule has 0 aromatic heterocycles. The summed E-state index contributed by atoms with van der Waals surface area (Å²) in [4.78, 5) is 38.7. The van der Waals surface area contributed by atoms with Crippen LogP contribution in [0.2, 0.25) is 0 Å². The van der Waals surface area contributed by atoms with Crippen molar-refractivity contribution in [1.82, 2.24) is 10.2 Å². The first-order valence-corrected chi connectivity index (χ1v) is 10.3. The van der Waals surface area contributed by atoms with Crippen LogP contribution in [0.1, 0.15) is 57.9 Å². The molecule has 1 aromatic carbocycles. The summed E-state index contributed by atoms with van der Waals surface area (Å²) in [6.07, 6.45) is 3.74. The van der Waals surface area contributed by atoms with Crippen molar-refractivity contribution in [2.75, 3.05) is 14.2 Å². The van der Waals surface area contributed by atoms with Crippen LogP contribution in [0.25, 0.3) is 0 Å². The summed E-state index contributed by atoms with van der Waals surface area (Å²) in [5.74, 6) is -0.848.